The Morgan fingerprint density at radius 2 is 1.74 bits per heavy atom. The summed E-state index contributed by atoms with van der Waals surface area (Å²) in [5.41, 5.74) is 5.84. The summed E-state index contributed by atoms with van der Waals surface area (Å²) in [6, 6.07) is 7.74. The van der Waals surface area contributed by atoms with Gasteiger partial charge in [0.15, 0.2) is 8.32 Å². The molecule has 150 valence electrons. The topological polar surface area (TPSA) is 111 Å². The molecule has 0 fully saturated rings. The minimum atomic E-state index is -1.94. The lowest BCUT2D eigenvalue weighted by molar-refractivity contribution is -0.127. The highest BCUT2D eigenvalue weighted by molar-refractivity contribution is 6.74. The Morgan fingerprint density at radius 1 is 1.15 bits per heavy atom. The quantitative estimate of drug-likeness (QED) is 0.556. The van der Waals surface area contributed by atoms with E-state index in [0.717, 1.165) is 0 Å². The minimum Gasteiger partial charge on any atom is -0.417 e. The van der Waals surface area contributed by atoms with Gasteiger partial charge in [0, 0.05) is 12.2 Å². The molecule has 0 radical (unpaired) electrons. The van der Waals surface area contributed by atoms with Crippen LogP contribution < -0.4 is 16.4 Å². The summed E-state index contributed by atoms with van der Waals surface area (Å²) in [5, 5.41) is 5.13. The predicted molar refractivity (Wildman–Crippen MR) is 108 cm³/mol. The minimum absolute atomic E-state index is 0.0557. The lowest BCUT2D eigenvalue weighted by atomic mass is 10.2. The van der Waals surface area contributed by atoms with Gasteiger partial charge in [-0.05, 0) is 36.7 Å². The Kier molecular flexibility index (Phi) is 8.17. The van der Waals surface area contributed by atoms with Crippen LogP contribution in [0.4, 0.5) is 0 Å². The molecule has 8 heteroatoms. The number of nitrogens with two attached hydrogens (primary N) is 1. The summed E-state index contributed by atoms with van der Waals surface area (Å²) in [7, 11) is -1.94. The third-order valence-electron chi connectivity index (χ3n) is 4.80. The van der Waals surface area contributed by atoms with Crippen LogP contribution in [-0.2, 0) is 14.0 Å². The number of carbonyl (C=O) groups excluding carboxylic acids is 3. The van der Waals surface area contributed by atoms with Crippen LogP contribution in [-0.4, -0.2) is 45.2 Å². The zero-order valence-corrected chi connectivity index (χ0v) is 17.8. The van der Waals surface area contributed by atoms with Crippen LogP contribution in [0.3, 0.4) is 0 Å². The number of rotatable bonds is 9. The molecule has 0 heterocycles. The van der Waals surface area contributed by atoms with Gasteiger partial charge in [-0.3, -0.25) is 14.4 Å². The summed E-state index contributed by atoms with van der Waals surface area (Å²) in [6.07, 6.45) is 0.292. The molecule has 0 unspecified atom stereocenters. The molecule has 27 heavy (non-hydrogen) atoms. The number of carbonyl (C=O) groups is 3. The zero-order valence-electron chi connectivity index (χ0n) is 16.8. The second-order valence-electron chi connectivity index (χ2n) is 7.97. The Bertz CT molecular complexity index is 657. The lowest BCUT2D eigenvalue weighted by Gasteiger charge is -2.36. The lowest BCUT2D eigenvalue weighted by Crippen LogP contribution is -2.49. The van der Waals surface area contributed by atoms with Gasteiger partial charge in [-0.1, -0.05) is 39.0 Å². The first kappa shape index (κ1) is 22.8. The van der Waals surface area contributed by atoms with Crippen molar-refractivity contribution in [2.45, 2.75) is 51.4 Å². The van der Waals surface area contributed by atoms with Crippen molar-refractivity contribution in [2.75, 3.05) is 13.2 Å². The average Bonchev–Trinajstić information content (AvgIpc) is 2.58. The van der Waals surface area contributed by atoms with Crippen LogP contribution in [0.5, 0.6) is 0 Å². The van der Waals surface area contributed by atoms with E-state index in [9.17, 15) is 14.4 Å². The predicted octanol–water partition coefficient (Wildman–Crippen LogP) is 1.80. The van der Waals surface area contributed by atoms with Crippen LogP contribution in [0.15, 0.2) is 30.3 Å². The van der Waals surface area contributed by atoms with Crippen molar-refractivity contribution in [2.24, 2.45) is 5.73 Å². The van der Waals surface area contributed by atoms with E-state index in [2.05, 4.69) is 44.5 Å². The van der Waals surface area contributed by atoms with E-state index in [4.69, 9.17) is 10.2 Å². The fourth-order valence-electron chi connectivity index (χ4n) is 2.03. The SMILES string of the molecule is CC(C)(C)[Si](C)(C)OCC[C@@H](NC(=O)CNC(=O)c1ccccc1)C(N)=O. The maximum absolute atomic E-state index is 12.0. The molecular weight excluding hydrogens is 362 g/mol. The van der Waals surface area contributed by atoms with Crippen molar-refractivity contribution in [1.29, 1.82) is 0 Å². The molecule has 1 rings (SSSR count). The number of benzene rings is 1. The first-order valence-electron chi connectivity index (χ1n) is 9.00. The molecule has 0 saturated carbocycles. The molecule has 7 nitrogen and oxygen atoms in total. The van der Waals surface area contributed by atoms with Crippen molar-refractivity contribution >= 4 is 26.0 Å². The van der Waals surface area contributed by atoms with E-state index < -0.39 is 26.2 Å². The third kappa shape index (κ3) is 7.52. The van der Waals surface area contributed by atoms with Crippen LogP contribution in [0.25, 0.3) is 0 Å². The molecule has 0 spiro atoms. The van der Waals surface area contributed by atoms with Gasteiger partial charge in [-0.2, -0.15) is 0 Å². The first-order chi connectivity index (χ1) is 12.4. The van der Waals surface area contributed by atoms with E-state index in [1.807, 2.05) is 0 Å². The Hall–Kier alpha value is -2.19. The highest BCUT2D eigenvalue weighted by Gasteiger charge is 2.37. The highest BCUT2D eigenvalue weighted by atomic mass is 28.4. The largest absolute Gasteiger partial charge is 0.417 e. The molecule has 0 aromatic heterocycles. The molecule has 1 atom stereocenters. The maximum atomic E-state index is 12.0. The van der Waals surface area contributed by atoms with Gasteiger partial charge < -0.3 is 20.8 Å². The summed E-state index contributed by atoms with van der Waals surface area (Å²) in [4.78, 5) is 35.6. The Balaban J connectivity index is 2.48. The van der Waals surface area contributed by atoms with Crippen molar-refractivity contribution in [3.8, 4) is 0 Å². The molecule has 0 bridgehead atoms. The number of hydrogen-bond acceptors (Lipinski definition) is 4. The fraction of sp³-hybridized carbons (Fsp3) is 0.526. The second-order valence-corrected chi connectivity index (χ2v) is 12.8. The zero-order chi connectivity index (χ0) is 20.7. The normalized spacial score (nSPS) is 12.9. The van der Waals surface area contributed by atoms with Crippen LogP contribution >= 0.6 is 0 Å². The summed E-state index contributed by atoms with van der Waals surface area (Å²) in [5.74, 6) is -1.46. The van der Waals surface area contributed by atoms with Gasteiger partial charge >= 0.3 is 0 Å². The monoisotopic (exact) mass is 393 g/mol. The molecule has 0 aliphatic rings. The van der Waals surface area contributed by atoms with Crippen LogP contribution in [0.1, 0.15) is 37.6 Å². The van der Waals surface area contributed by atoms with Gasteiger partial charge in [0.25, 0.3) is 5.91 Å². The van der Waals surface area contributed by atoms with Crippen molar-refractivity contribution in [3.63, 3.8) is 0 Å². The standard InChI is InChI=1S/C19H31N3O4Si/c1-19(2,3)27(4,5)26-12-11-15(17(20)24)22-16(23)13-21-18(25)14-9-7-6-8-10-14/h6-10,15H,11-13H2,1-5H3,(H2,20,24)(H,21,25)(H,22,23)/t15-/m1/s1. The smallest absolute Gasteiger partial charge is 0.251 e. The highest BCUT2D eigenvalue weighted by Crippen LogP contribution is 2.36. The van der Waals surface area contributed by atoms with Gasteiger partial charge in [0.1, 0.15) is 6.04 Å². The molecule has 0 aliphatic heterocycles. The van der Waals surface area contributed by atoms with E-state index in [1.165, 1.54) is 0 Å². The molecule has 1 aromatic carbocycles. The summed E-state index contributed by atoms with van der Waals surface area (Å²) in [6.45, 7) is 10.7. The number of amides is 3. The van der Waals surface area contributed by atoms with Gasteiger partial charge in [0.2, 0.25) is 11.8 Å². The molecule has 0 saturated heterocycles. The Morgan fingerprint density at radius 3 is 2.26 bits per heavy atom. The maximum Gasteiger partial charge on any atom is 0.251 e. The number of nitrogens with one attached hydrogen (secondary N) is 2. The first-order valence-corrected chi connectivity index (χ1v) is 11.9. The van der Waals surface area contributed by atoms with Crippen molar-refractivity contribution in [3.05, 3.63) is 35.9 Å². The molecular formula is C19H31N3O4Si. The van der Waals surface area contributed by atoms with Gasteiger partial charge in [-0.15, -0.1) is 0 Å². The molecule has 3 amide bonds. The van der Waals surface area contributed by atoms with E-state index in [0.29, 0.717) is 18.6 Å². The van der Waals surface area contributed by atoms with Crippen LogP contribution in [0, 0.1) is 0 Å². The third-order valence-corrected chi connectivity index (χ3v) is 9.34. The second kappa shape index (κ2) is 9.66. The van der Waals surface area contributed by atoms with Crippen LogP contribution in [0.2, 0.25) is 18.1 Å². The van der Waals surface area contributed by atoms with E-state index in [1.54, 1.807) is 30.3 Å². The average molecular weight is 394 g/mol. The molecule has 4 N–H and O–H groups in total. The summed E-state index contributed by atoms with van der Waals surface area (Å²) >= 11 is 0. The van der Waals surface area contributed by atoms with E-state index >= 15 is 0 Å². The summed E-state index contributed by atoms with van der Waals surface area (Å²) < 4.78 is 6.02. The van der Waals surface area contributed by atoms with E-state index in [-0.39, 0.29) is 17.5 Å². The fourth-order valence-corrected chi connectivity index (χ4v) is 3.09. The van der Waals surface area contributed by atoms with Gasteiger partial charge in [-0.25, -0.2) is 0 Å². The Labute approximate surface area is 162 Å². The molecule has 1 aromatic rings. The van der Waals surface area contributed by atoms with Crippen molar-refractivity contribution in [1.82, 2.24) is 10.6 Å². The number of hydrogen-bond donors (Lipinski definition) is 3. The molecule has 0 aliphatic carbocycles. The number of primary amides is 1. The van der Waals surface area contributed by atoms with Crippen molar-refractivity contribution < 1.29 is 18.8 Å². The van der Waals surface area contributed by atoms with Gasteiger partial charge in [0.05, 0.1) is 6.54 Å².